The number of hydrogen-bond acceptors (Lipinski definition) is 6. The van der Waals surface area contributed by atoms with E-state index in [0.717, 1.165) is 22.3 Å². The van der Waals surface area contributed by atoms with Gasteiger partial charge in [0.15, 0.2) is 23.3 Å². The minimum Gasteiger partial charge on any atom is -0.493 e. The molecule has 1 aliphatic rings. The molecule has 0 amide bonds. The molecule has 0 aliphatic carbocycles. The first-order chi connectivity index (χ1) is 14.6. The van der Waals surface area contributed by atoms with Crippen LogP contribution in [0.5, 0.6) is 17.2 Å². The van der Waals surface area contributed by atoms with Crippen molar-refractivity contribution in [3.8, 4) is 17.2 Å². The maximum absolute atomic E-state index is 6.26. The molecule has 1 atom stereocenters. The highest BCUT2D eigenvalue weighted by atomic mass is 16.6. The van der Waals surface area contributed by atoms with Crippen LogP contribution >= 0.6 is 0 Å². The van der Waals surface area contributed by atoms with E-state index in [1.165, 1.54) is 0 Å². The van der Waals surface area contributed by atoms with Crippen LogP contribution in [0.1, 0.15) is 37.1 Å². The topological polar surface area (TPSA) is 76.2 Å². The Labute approximate surface area is 174 Å². The molecule has 4 aromatic rings. The van der Waals surface area contributed by atoms with Crippen molar-refractivity contribution in [2.45, 2.75) is 32.5 Å². The Morgan fingerprint density at radius 1 is 1.27 bits per heavy atom. The number of benzene rings is 1. The van der Waals surface area contributed by atoms with Gasteiger partial charge in [0.2, 0.25) is 5.75 Å². The fraction of sp³-hybridized carbons (Fsp3) is 0.318. The highest BCUT2D eigenvalue weighted by molar-refractivity contribution is 5.70. The van der Waals surface area contributed by atoms with Gasteiger partial charge in [-0.25, -0.2) is 9.97 Å². The third-order valence-electron chi connectivity index (χ3n) is 5.20. The van der Waals surface area contributed by atoms with Gasteiger partial charge < -0.3 is 18.8 Å². The first-order valence-corrected chi connectivity index (χ1v) is 9.92. The SMILES string of the molecule is COc1cc(Cn2cnc3cccnc32)cc2c1OC(c1cnn(C(C)C)c1)CO2. The van der Waals surface area contributed by atoms with Gasteiger partial charge in [0, 0.05) is 24.0 Å². The lowest BCUT2D eigenvalue weighted by Crippen LogP contribution is -2.22. The largest absolute Gasteiger partial charge is 0.493 e. The number of nitrogens with zero attached hydrogens (tertiary/aromatic N) is 5. The summed E-state index contributed by atoms with van der Waals surface area (Å²) in [7, 11) is 1.64. The molecule has 0 bridgehead atoms. The van der Waals surface area contributed by atoms with E-state index in [-0.39, 0.29) is 6.10 Å². The molecule has 1 aromatic carbocycles. The molecule has 154 valence electrons. The number of rotatable bonds is 5. The molecule has 0 fully saturated rings. The van der Waals surface area contributed by atoms with Crippen molar-refractivity contribution >= 4 is 11.2 Å². The van der Waals surface area contributed by atoms with Gasteiger partial charge in [0.25, 0.3) is 0 Å². The summed E-state index contributed by atoms with van der Waals surface area (Å²) in [6.45, 7) is 5.20. The van der Waals surface area contributed by atoms with Crippen LogP contribution in [0.4, 0.5) is 0 Å². The van der Waals surface area contributed by atoms with E-state index in [0.29, 0.717) is 36.4 Å². The Hall–Kier alpha value is -3.55. The maximum atomic E-state index is 6.26. The smallest absolute Gasteiger partial charge is 0.204 e. The van der Waals surface area contributed by atoms with Crippen LogP contribution in [0.25, 0.3) is 11.2 Å². The molecule has 8 heteroatoms. The van der Waals surface area contributed by atoms with Crippen molar-refractivity contribution in [1.82, 2.24) is 24.3 Å². The number of hydrogen-bond donors (Lipinski definition) is 0. The van der Waals surface area contributed by atoms with E-state index in [2.05, 4.69) is 28.9 Å². The van der Waals surface area contributed by atoms with Crippen molar-refractivity contribution in [1.29, 1.82) is 0 Å². The maximum Gasteiger partial charge on any atom is 0.204 e. The lowest BCUT2D eigenvalue weighted by atomic mass is 10.1. The van der Waals surface area contributed by atoms with Crippen molar-refractivity contribution in [2.24, 2.45) is 0 Å². The van der Waals surface area contributed by atoms with E-state index < -0.39 is 0 Å². The van der Waals surface area contributed by atoms with Crippen molar-refractivity contribution in [3.05, 3.63) is 60.3 Å². The molecule has 4 heterocycles. The molecule has 3 aromatic heterocycles. The van der Waals surface area contributed by atoms with Crippen molar-refractivity contribution < 1.29 is 14.2 Å². The second-order valence-corrected chi connectivity index (χ2v) is 7.61. The van der Waals surface area contributed by atoms with Crippen LogP contribution in [0.15, 0.2) is 49.2 Å². The molecule has 0 N–H and O–H groups in total. The standard InChI is InChI=1S/C22H23N5O3/c1-14(2)27-11-16(9-25-27)20-12-29-19-8-15(7-18(28-3)21(19)30-20)10-26-13-24-17-5-4-6-23-22(17)26/h4-9,11,13-14,20H,10,12H2,1-3H3. The Kier molecular flexibility index (Phi) is 4.54. The Morgan fingerprint density at radius 3 is 2.97 bits per heavy atom. The highest BCUT2D eigenvalue weighted by Crippen LogP contribution is 2.44. The van der Waals surface area contributed by atoms with Crippen LogP contribution in [-0.4, -0.2) is 38.0 Å². The fourth-order valence-electron chi connectivity index (χ4n) is 3.61. The summed E-state index contributed by atoms with van der Waals surface area (Å²) in [6.07, 6.45) is 7.17. The fourth-order valence-corrected chi connectivity index (χ4v) is 3.61. The molecule has 8 nitrogen and oxygen atoms in total. The highest BCUT2D eigenvalue weighted by Gasteiger charge is 2.27. The quantitative estimate of drug-likeness (QED) is 0.503. The number of methoxy groups -OCH3 is 1. The van der Waals surface area contributed by atoms with Gasteiger partial charge in [-0.2, -0.15) is 5.10 Å². The summed E-state index contributed by atoms with van der Waals surface area (Å²) < 4.78 is 21.9. The summed E-state index contributed by atoms with van der Waals surface area (Å²) in [6, 6.07) is 8.08. The second kappa shape index (κ2) is 7.37. The third kappa shape index (κ3) is 3.24. The molecule has 0 spiro atoms. The van der Waals surface area contributed by atoms with Gasteiger partial charge in [-0.3, -0.25) is 4.68 Å². The summed E-state index contributed by atoms with van der Waals surface area (Å²) >= 11 is 0. The van der Waals surface area contributed by atoms with Crippen LogP contribution in [0, 0.1) is 0 Å². The second-order valence-electron chi connectivity index (χ2n) is 7.61. The first-order valence-electron chi connectivity index (χ1n) is 9.92. The zero-order valence-electron chi connectivity index (χ0n) is 17.1. The van der Waals surface area contributed by atoms with E-state index in [9.17, 15) is 0 Å². The van der Waals surface area contributed by atoms with E-state index >= 15 is 0 Å². The molecule has 0 radical (unpaired) electrons. The Bertz CT molecular complexity index is 1180. The van der Waals surface area contributed by atoms with Gasteiger partial charge in [-0.15, -0.1) is 0 Å². The van der Waals surface area contributed by atoms with Crippen LogP contribution in [-0.2, 0) is 6.54 Å². The van der Waals surface area contributed by atoms with E-state index in [4.69, 9.17) is 14.2 Å². The molecular formula is C22H23N5O3. The van der Waals surface area contributed by atoms with Gasteiger partial charge in [-0.05, 0) is 43.7 Å². The number of fused-ring (bicyclic) bond motifs is 2. The van der Waals surface area contributed by atoms with Crippen molar-refractivity contribution in [2.75, 3.05) is 13.7 Å². The minimum atomic E-state index is -0.230. The lowest BCUT2D eigenvalue weighted by Gasteiger charge is -2.27. The average molecular weight is 405 g/mol. The van der Waals surface area contributed by atoms with Gasteiger partial charge in [-0.1, -0.05) is 0 Å². The molecule has 5 rings (SSSR count). The molecular weight excluding hydrogens is 382 g/mol. The van der Waals surface area contributed by atoms with E-state index in [1.54, 1.807) is 19.6 Å². The third-order valence-corrected chi connectivity index (χ3v) is 5.20. The lowest BCUT2D eigenvalue weighted by molar-refractivity contribution is 0.0869. The Morgan fingerprint density at radius 2 is 2.17 bits per heavy atom. The molecule has 0 saturated carbocycles. The van der Waals surface area contributed by atoms with Gasteiger partial charge in [0.1, 0.15) is 12.1 Å². The van der Waals surface area contributed by atoms with Gasteiger partial charge in [0.05, 0.1) is 26.2 Å². The van der Waals surface area contributed by atoms with E-state index in [1.807, 2.05) is 45.9 Å². The average Bonchev–Trinajstić information content (AvgIpc) is 3.41. The van der Waals surface area contributed by atoms with Crippen molar-refractivity contribution in [3.63, 3.8) is 0 Å². The summed E-state index contributed by atoms with van der Waals surface area (Å²) in [5.41, 5.74) is 3.71. The summed E-state index contributed by atoms with van der Waals surface area (Å²) in [4.78, 5) is 8.84. The summed E-state index contributed by atoms with van der Waals surface area (Å²) in [5, 5.41) is 4.41. The molecule has 1 unspecified atom stereocenters. The summed E-state index contributed by atoms with van der Waals surface area (Å²) in [5.74, 6) is 1.93. The monoisotopic (exact) mass is 405 g/mol. The Balaban J connectivity index is 1.43. The van der Waals surface area contributed by atoms with Gasteiger partial charge >= 0.3 is 0 Å². The molecule has 1 aliphatic heterocycles. The number of pyridine rings is 1. The number of aromatic nitrogens is 5. The van der Waals surface area contributed by atoms with Crippen LogP contribution < -0.4 is 14.2 Å². The predicted octanol–water partition coefficient (Wildman–Crippen LogP) is 3.78. The normalized spacial score (nSPS) is 15.7. The predicted molar refractivity (Wildman–Crippen MR) is 111 cm³/mol. The molecule has 30 heavy (non-hydrogen) atoms. The zero-order valence-corrected chi connectivity index (χ0v) is 17.1. The van der Waals surface area contributed by atoms with Crippen LogP contribution in [0.3, 0.4) is 0 Å². The minimum absolute atomic E-state index is 0.230. The van der Waals surface area contributed by atoms with Crippen LogP contribution in [0.2, 0.25) is 0 Å². The number of imidazole rings is 1. The first kappa shape index (κ1) is 18.5. The number of ether oxygens (including phenoxy) is 3. The molecule has 0 saturated heterocycles. The zero-order chi connectivity index (χ0) is 20.7.